The van der Waals surface area contributed by atoms with Gasteiger partial charge in [-0.05, 0) is 50.1 Å². The Hall–Kier alpha value is -1.90. The van der Waals surface area contributed by atoms with E-state index in [2.05, 4.69) is 21.2 Å². The van der Waals surface area contributed by atoms with E-state index in [9.17, 15) is 13.2 Å². The molecule has 8 heteroatoms. The van der Waals surface area contributed by atoms with Crippen LogP contribution < -0.4 is 10.1 Å². The Labute approximate surface area is 180 Å². The molecule has 1 fully saturated rings. The summed E-state index contributed by atoms with van der Waals surface area (Å²) in [5, 5.41) is 3.01. The Morgan fingerprint density at radius 2 is 1.90 bits per heavy atom. The first-order valence-corrected chi connectivity index (χ1v) is 11.7. The number of carbonyl (C=O) groups is 1. The number of piperidine rings is 1. The number of nitrogens with one attached hydrogen (secondary N) is 1. The van der Waals surface area contributed by atoms with Crippen LogP contribution in [0.4, 0.5) is 0 Å². The fraction of sp³-hybridized carbons (Fsp3) is 0.381. The lowest BCUT2D eigenvalue weighted by Crippen LogP contribution is -2.45. The molecule has 0 spiro atoms. The van der Waals surface area contributed by atoms with E-state index in [0.29, 0.717) is 25.1 Å². The average molecular weight is 481 g/mol. The number of hydrogen-bond acceptors (Lipinski definition) is 4. The van der Waals surface area contributed by atoms with Gasteiger partial charge >= 0.3 is 0 Å². The molecule has 1 heterocycles. The third kappa shape index (κ3) is 4.99. The van der Waals surface area contributed by atoms with E-state index < -0.39 is 10.0 Å². The number of sulfonamides is 1. The summed E-state index contributed by atoms with van der Waals surface area (Å²) in [5.74, 6) is 0.189. The molecule has 1 N–H and O–H groups in total. The Morgan fingerprint density at radius 1 is 1.21 bits per heavy atom. The van der Waals surface area contributed by atoms with Gasteiger partial charge in [-0.1, -0.05) is 34.1 Å². The van der Waals surface area contributed by atoms with E-state index in [-0.39, 0.29) is 29.3 Å². The number of carbonyl (C=O) groups excluding carboxylic acids is 1. The molecule has 1 aliphatic rings. The van der Waals surface area contributed by atoms with Crippen molar-refractivity contribution < 1.29 is 17.9 Å². The predicted molar refractivity (Wildman–Crippen MR) is 115 cm³/mol. The van der Waals surface area contributed by atoms with Gasteiger partial charge in [-0.3, -0.25) is 4.79 Å². The monoisotopic (exact) mass is 480 g/mol. The first-order chi connectivity index (χ1) is 13.8. The molecule has 1 aliphatic heterocycles. The topological polar surface area (TPSA) is 75.7 Å². The summed E-state index contributed by atoms with van der Waals surface area (Å²) in [4.78, 5) is 13.1. The van der Waals surface area contributed by atoms with Gasteiger partial charge in [0.1, 0.15) is 5.75 Å². The molecule has 2 aromatic rings. The lowest BCUT2D eigenvalue weighted by molar-refractivity contribution is -0.126. The SMILES string of the molecule is COc1ccccc1[C@H](C)NC(=O)[C@@H]1CCCN(S(=O)(=O)c2ccc(Br)cc2)C1. The second kappa shape index (κ2) is 9.28. The molecule has 2 atom stereocenters. The van der Waals surface area contributed by atoms with Crippen LogP contribution in [0.2, 0.25) is 0 Å². The van der Waals surface area contributed by atoms with Crippen LogP contribution in [0.3, 0.4) is 0 Å². The number of nitrogens with zero attached hydrogens (tertiary/aromatic N) is 1. The maximum Gasteiger partial charge on any atom is 0.243 e. The normalized spacial score (nSPS) is 18.8. The highest BCUT2D eigenvalue weighted by Crippen LogP contribution is 2.27. The Bertz CT molecular complexity index is 963. The van der Waals surface area contributed by atoms with Gasteiger partial charge in [-0.25, -0.2) is 8.42 Å². The third-order valence-electron chi connectivity index (χ3n) is 5.17. The number of rotatable bonds is 6. The van der Waals surface area contributed by atoms with Crippen LogP contribution in [-0.2, 0) is 14.8 Å². The van der Waals surface area contributed by atoms with E-state index in [0.717, 1.165) is 10.0 Å². The Kier molecular flexibility index (Phi) is 6.97. The van der Waals surface area contributed by atoms with Crippen molar-refractivity contribution in [2.45, 2.75) is 30.7 Å². The zero-order chi connectivity index (χ0) is 21.0. The highest BCUT2D eigenvalue weighted by Gasteiger charge is 2.33. The second-order valence-electron chi connectivity index (χ2n) is 7.13. The number of hydrogen-bond donors (Lipinski definition) is 1. The summed E-state index contributed by atoms with van der Waals surface area (Å²) < 4.78 is 33.5. The molecule has 0 unspecified atom stereocenters. The van der Waals surface area contributed by atoms with E-state index in [4.69, 9.17) is 4.74 Å². The number of para-hydroxylation sites is 1. The van der Waals surface area contributed by atoms with Crippen LogP contribution in [-0.4, -0.2) is 38.8 Å². The summed E-state index contributed by atoms with van der Waals surface area (Å²) in [7, 11) is -2.03. The fourth-order valence-corrected chi connectivity index (χ4v) is 5.35. The van der Waals surface area contributed by atoms with Crippen LogP contribution >= 0.6 is 15.9 Å². The van der Waals surface area contributed by atoms with Crippen molar-refractivity contribution in [3.05, 3.63) is 58.6 Å². The van der Waals surface area contributed by atoms with E-state index in [1.54, 1.807) is 31.4 Å². The van der Waals surface area contributed by atoms with Gasteiger partial charge < -0.3 is 10.1 Å². The van der Waals surface area contributed by atoms with Crippen molar-refractivity contribution in [1.82, 2.24) is 9.62 Å². The Morgan fingerprint density at radius 3 is 2.59 bits per heavy atom. The molecule has 156 valence electrons. The van der Waals surface area contributed by atoms with Gasteiger partial charge in [-0.15, -0.1) is 0 Å². The van der Waals surface area contributed by atoms with E-state index in [1.807, 2.05) is 31.2 Å². The lowest BCUT2D eigenvalue weighted by atomic mass is 9.97. The minimum absolute atomic E-state index is 0.140. The molecule has 3 rings (SSSR count). The molecule has 0 saturated carbocycles. The number of ether oxygens (including phenoxy) is 1. The maximum atomic E-state index is 13.0. The minimum atomic E-state index is -3.62. The second-order valence-corrected chi connectivity index (χ2v) is 9.98. The molecule has 0 aliphatic carbocycles. The maximum absolute atomic E-state index is 13.0. The van der Waals surface area contributed by atoms with Crippen molar-refractivity contribution in [1.29, 1.82) is 0 Å². The molecule has 1 saturated heterocycles. The highest BCUT2D eigenvalue weighted by atomic mass is 79.9. The molecule has 6 nitrogen and oxygen atoms in total. The zero-order valence-electron chi connectivity index (χ0n) is 16.5. The van der Waals surface area contributed by atoms with Gasteiger partial charge in [0.15, 0.2) is 0 Å². The van der Waals surface area contributed by atoms with Gasteiger partial charge in [0, 0.05) is 23.1 Å². The number of amides is 1. The van der Waals surface area contributed by atoms with Crippen LogP contribution in [0, 0.1) is 5.92 Å². The third-order valence-corrected chi connectivity index (χ3v) is 7.58. The molecule has 29 heavy (non-hydrogen) atoms. The van der Waals surface area contributed by atoms with Crippen molar-refractivity contribution in [3.8, 4) is 5.75 Å². The van der Waals surface area contributed by atoms with Crippen molar-refractivity contribution in [2.75, 3.05) is 20.2 Å². The smallest absolute Gasteiger partial charge is 0.243 e. The number of halogens is 1. The van der Waals surface area contributed by atoms with Crippen molar-refractivity contribution in [2.24, 2.45) is 5.92 Å². The molecular formula is C21H25BrN2O4S. The quantitative estimate of drug-likeness (QED) is 0.682. The lowest BCUT2D eigenvalue weighted by Gasteiger charge is -2.32. The molecule has 1 amide bonds. The van der Waals surface area contributed by atoms with Crippen LogP contribution in [0.1, 0.15) is 31.4 Å². The number of benzene rings is 2. The minimum Gasteiger partial charge on any atom is -0.496 e. The summed E-state index contributed by atoms with van der Waals surface area (Å²) in [6.45, 7) is 2.50. The summed E-state index contributed by atoms with van der Waals surface area (Å²) in [5.41, 5.74) is 0.887. The predicted octanol–water partition coefficient (Wildman–Crippen LogP) is 3.74. The van der Waals surface area contributed by atoms with Gasteiger partial charge in [0.2, 0.25) is 15.9 Å². The van der Waals surface area contributed by atoms with Crippen LogP contribution in [0.15, 0.2) is 57.9 Å². The first kappa shape index (κ1) is 21.8. The summed E-state index contributed by atoms with van der Waals surface area (Å²) in [6.07, 6.45) is 1.31. The van der Waals surface area contributed by atoms with Crippen molar-refractivity contribution >= 4 is 31.9 Å². The summed E-state index contributed by atoms with van der Waals surface area (Å²) >= 11 is 3.32. The highest BCUT2D eigenvalue weighted by molar-refractivity contribution is 9.10. The van der Waals surface area contributed by atoms with Gasteiger partial charge in [0.05, 0.1) is 24.0 Å². The van der Waals surface area contributed by atoms with Crippen LogP contribution in [0.5, 0.6) is 5.75 Å². The van der Waals surface area contributed by atoms with Gasteiger partial charge in [-0.2, -0.15) is 4.31 Å². The standard InChI is InChI=1S/C21H25BrN2O4S/c1-15(19-7-3-4-8-20(19)28-2)23-21(25)16-6-5-13-24(14-16)29(26,27)18-11-9-17(22)10-12-18/h3-4,7-12,15-16H,5-6,13-14H2,1-2H3,(H,23,25)/t15-,16+/m0/s1. The van der Waals surface area contributed by atoms with Crippen molar-refractivity contribution in [3.63, 3.8) is 0 Å². The van der Waals surface area contributed by atoms with E-state index >= 15 is 0 Å². The zero-order valence-corrected chi connectivity index (χ0v) is 18.9. The van der Waals surface area contributed by atoms with Gasteiger partial charge in [0.25, 0.3) is 0 Å². The number of methoxy groups -OCH3 is 1. The fourth-order valence-electron chi connectivity index (χ4n) is 3.56. The largest absolute Gasteiger partial charge is 0.496 e. The van der Waals surface area contributed by atoms with E-state index in [1.165, 1.54) is 4.31 Å². The molecule has 2 aromatic carbocycles. The molecular weight excluding hydrogens is 456 g/mol. The average Bonchev–Trinajstić information content (AvgIpc) is 2.74. The molecule has 0 radical (unpaired) electrons. The Balaban J connectivity index is 1.70. The summed E-state index contributed by atoms with van der Waals surface area (Å²) in [6, 6.07) is 13.9. The molecule has 0 bridgehead atoms. The van der Waals surface area contributed by atoms with Crippen LogP contribution in [0.25, 0.3) is 0 Å². The molecule has 0 aromatic heterocycles. The first-order valence-electron chi connectivity index (χ1n) is 9.52.